The minimum absolute atomic E-state index is 0.0732. The number of rotatable bonds is 22. The summed E-state index contributed by atoms with van der Waals surface area (Å²) in [5.74, 6) is 0. The molecule has 1 heterocycles. The summed E-state index contributed by atoms with van der Waals surface area (Å²) in [4.78, 5) is 0. The Morgan fingerprint density at radius 1 is 0.647 bits per heavy atom. The van der Waals surface area contributed by atoms with Crippen molar-refractivity contribution in [3.8, 4) is 0 Å². The average Bonchev–Trinajstić information content (AvgIpc) is 2.83. The van der Waals surface area contributed by atoms with Gasteiger partial charge < -0.3 is 34.6 Å². The van der Waals surface area contributed by atoms with E-state index in [1.807, 2.05) is 0 Å². The maximum absolute atomic E-state index is 9.99. The van der Waals surface area contributed by atoms with Crippen LogP contribution in [0.3, 0.4) is 0 Å². The van der Waals surface area contributed by atoms with Crippen LogP contribution in [0.1, 0.15) is 117 Å². The van der Waals surface area contributed by atoms with E-state index in [1.54, 1.807) is 6.92 Å². The van der Waals surface area contributed by atoms with Gasteiger partial charge in [-0.1, -0.05) is 103 Å². The Labute approximate surface area is 208 Å². The molecule has 0 unspecified atom stereocenters. The number of hydrogen-bond acceptors (Lipinski definition) is 7. The average molecular weight is 491 g/mol. The molecule has 0 aromatic rings. The van der Waals surface area contributed by atoms with E-state index in [0.29, 0.717) is 6.61 Å². The topological polar surface area (TPSA) is 109 Å². The first kappa shape index (κ1) is 31.7. The summed E-state index contributed by atoms with van der Waals surface area (Å²) in [6, 6.07) is 0. The Morgan fingerprint density at radius 3 is 1.62 bits per heavy atom. The molecule has 7 nitrogen and oxygen atoms in total. The van der Waals surface area contributed by atoms with Crippen molar-refractivity contribution >= 4 is 0 Å². The van der Waals surface area contributed by atoms with Crippen molar-refractivity contribution in [2.75, 3.05) is 19.8 Å². The fourth-order valence-corrected chi connectivity index (χ4v) is 4.38. The number of aliphatic hydroxyl groups is 4. The van der Waals surface area contributed by atoms with E-state index in [1.165, 1.54) is 89.9 Å². The highest BCUT2D eigenvalue weighted by Crippen LogP contribution is 2.22. The lowest BCUT2D eigenvalue weighted by Crippen LogP contribution is -2.57. The van der Waals surface area contributed by atoms with Crippen molar-refractivity contribution in [1.82, 2.24) is 0 Å². The van der Waals surface area contributed by atoms with Gasteiger partial charge in [0.05, 0.1) is 19.3 Å². The number of hydrogen-bond donors (Lipinski definition) is 4. The highest BCUT2D eigenvalue weighted by atomic mass is 16.7. The van der Waals surface area contributed by atoms with E-state index in [0.717, 1.165) is 12.8 Å². The first-order valence-corrected chi connectivity index (χ1v) is 14.0. The third kappa shape index (κ3) is 15.0. The fourth-order valence-electron chi connectivity index (χ4n) is 4.38. The lowest BCUT2D eigenvalue weighted by molar-refractivity contribution is -0.297. The van der Waals surface area contributed by atoms with Crippen molar-refractivity contribution in [3.63, 3.8) is 0 Å². The van der Waals surface area contributed by atoms with Gasteiger partial charge in [-0.2, -0.15) is 0 Å². The van der Waals surface area contributed by atoms with Gasteiger partial charge in [0.1, 0.15) is 24.4 Å². The molecule has 1 saturated heterocycles. The van der Waals surface area contributed by atoms with Gasteiger partial charge in [0.15, 0.2) is 6.29 Å². The normalized spacial score (nSPS) is 26.1. The molecule has 0 bridgehead atoms. The van der Waals surface area contributed by atoms with Crippen LogP contribution >= 0.6 is 0 Å². The molecule has 0 aromatic carbocycles. The molecule has 0 radical (unpaired) electrons. The van der Waals surface area contributed by atoms with Crippen LogP contribution in [-0.2, 0) is 14.2 Å². The van der Waals surface area contributed by atoms with E-state index >= 15 is 0 Å². The van der Waals surface area contributed by atoms with E-state index in [-0.39, 0.29) is 13.2 Å². The molecule has 204 valence electrons. The predicted octanol–water partition coefficient (Wildman–Crippen LogP) is 4.47. The summed E-state index contributed by atoms with van der Waals surface area (Å²) < 4.78 is 16.2. The monoisotopic (exact) mass is 490 g/mol. The molecule has 6 atom stereocenters. The van der Waals surface area contributed by atoms with Gasteiger partial charge in [-0.05, 0) is 13.3 Å². The lowest BCUT2D eigenvalue weighted by Gasteiger charge is -2.39. The van der Waals surface area contributed by atoms with E-state index in [2.05, 4.69) is 6.92 Å². The Kier molecular flexibility index (Phi) is 19.5. The smallest absolute Gasteiger partial charge is 0.186 e. The van der Waals surface area contributed by atoms with Crippen molar-refractivity contribution in [2.24, 2.45) is 0 Å². The molecule has 0 aromatic heterocycles. The summed E-state index contributed by atoms with van der Waals surface area (Å²) in [6.07, 6.45) is 14.9. The molecule has 0 spiro atoms. The third-order valence-electron chi connectivity index (χ3n) is 6.71. The molecule has 1 fully saturated rings. The zero-order valence-corrected chi connectivity index (χ0v) is 21.9. The van der Waals surface area contributed by atoms with Gasteiger partial charge >= 0.3 is 0 Å². The van der Waals surface area contributed by atoms with Gasteiger partial charge in [0.25, 0.3) is 0 Å². The van der Waals surface area contributed by atoms with Crippen LogP contribution in [0.4, 0.5) is 0 Å². The standard InChI is InChI=1S/C27H54O7/c1-3-4-5-6-7-8-9-10-11-12-13-14-15-16-17-18-19-32-20-23(28)21-33-27-26(31)25(30)24(29)22(2)34-27/h22-31H,3-21H2,1-2H3/t22-,23+,24+,25+,26-,27+/m1/s1. The van der Waals surface area contributed by atoms with Crippen LogP contribution in [-0.4, -0.2) is 77.1 Å². The largest absolute Gasteiger partial charge is 0.388 e. The van der Waals surface area contributed by atoms with Crippen molar-refractivity contribution in [1.29, 1.82) is 0 Å². The first-order chi connectivity index (χ1) is 16.5. The zero-order valence-electron chi connectivity index (χ0n) is 21.9. The predicted molar refractivity (Wildman–Crippen MR) is 135 cm³/mol. The Balaban J connectivity index is 1.83. The van der Waals surface area contributed by atoms with Crippen LogP contribution in [0.2, 0.25) is 0 Å². The number of ether oxygens (including phenoxy) is 3. The number of unbranched alkanes of at least 4 members (excludes halogenated alkanes) is 15. The molecule has 34 heavy (non-hydrogen) atoms. The number of aliphatic hydroxyl groups excluding tert-OH is 4. The highest BCUT2D eigenvalue weighted by Gasteiger charge is 2.42. The second kappa shape index (κ2) is 20.9. The minimum atomic E-state index is -1.36. The molecular formula is C27H54O7. The Bertz CT molecular complexity index is 451. The van der Waals surface area contributed by atoms with Crippen LogP contribution in [0.25, 0.3) is 0 Å². The summed E-state index contributed by atoms with van der Waals surface area (Å²) in [7, 11) is 0. The molecule has 1 aliphatic heterocycles. The minimum Gasteiger partial charge on any atom is -0.388 e. The van der Waals surface area contributed by atoms with Gasteiger partial charge in [-0.15, -0.1) is 0 Å². The molecule has 0 amide bonds. The Morgan fingerprint density at radius 2 is 1.12 bits per heavy atom. The van der Waals surface area contributed by atoms with Crippen molar-refractivity contribution < 1.29 is 34.6 Å². The molecule has 7 heteroatoms. The van der Waals surface area contributed by atoms with Crippen LogP contribution < -0.4 is 0 Å². The summed E-state index contributed by atoms with van der Waals surface area (Å²) >= 11 is 0. The SMILES string of the molecule is CCCCCCCCCCCCCCCCCCOC[C@H](O)CO[C@H]1O[C@H](C)[C@H](O)[C@H](O)[C@H]1O. The zero-order chi connectivity index (χ0) is 25.0. The van der Waals surface area contributed by atoms with E-state index in [9.17, 15) is 20.4 Å². The van der Waals surface area contributed by atoms with Gasteiger partial charge in [0.2, 0.25) is 0 Å². The molecule has 1 aliphatic rings. The molecule has 1 rings (SSSR count). The summed E-state index contributed by atoms with van der Waals surface area (Å²) in [5.41, 5.74) is 0. The third-order valence-corrected chi connectivity index (χ3v) is 6.71. The van der Waals surface area contributed by atoms with Crippen molar-refractivity contribution in [2.45, 2.75) is 153 Å². The Hall–Kier alpha value is -0.280. The molecule has 0 aliphatic carbocycles. The lowest BCUT2D eigenvalue weighted by atomic mass is 10.0. The maximum Gasteiger partial charge on any atom is 0.186 e. The molecule has 4 N–H and O–H groups in total. The van der Waals surface area contributed by atoms with E-state index < -0.39 is 36.8 Å². The van der Waals surface area contributed by atoms with Crippen LogP contribution in [0.15, 0.2) is 0 Å². The second-order valence-corrected chi connectivity index (χ2v) is 10.0. The van der Waals surface area contributed by atoms with Crippen LogP contribution in [0.5, 0.6) is 0 Å². The quantitative estimate of drug-likeness (QED) is 0.166. The first-order valence-electron chi connectivity index (χ1n) is 14.0. The second-order valence-electron chi connectivity index (χ2n) is 10.0. The molecule has 0 saturated carbocycles. The summed E-state index contributed by atoms with van der Waals surface area (Å²) in [5, 5.41) is 39.3. The van der Waals surface area contributed by atoms with E-state index in [4.69, 9.17) is 14.2 Å². The fraction of sp³-hybridized carbons (Fsp3) is 1.00. The maximum atomic E-state index is 9.99. The van der Waals surface area contributed by atoms with Crippen LogP contribution in [0, 0.1) is 0 Å². The van der Waals surface area contributed by atoms with Gasteiger partial charge in [-0.25, -0.2) is 0 Å². The molecular weight excluding hydrogens is 436 g/mol. The van der Waals surface area contributed by atoms with Gasteiger partial charge in [0, 0.05) is 6.61 Å². The van der Waals surface area contributed by atoms with Crippen molar-refractivity contribution in [3.05, 3.63) is 0 Å². The highest BCUT2D eigenvalue weighted by molar-refractivity contribution is 4.87. The van der Waals surface area contributed by atoms with Gasteiger partial charge in [-0.3, -0.25) is 0 Å². The summed E-state index contributed by atoms with van der Waals surface area (Å²) in [6.45, 7) is 4.55.